The number of hydrogen-bond donors (Lipinski definition) is 6. The average molecular weight is 329 g/mol. The van der Waals surface area contributed by atoms with Gasteiger partial charge in [-0.2, -0.15) is 0 Å². The summed E-state index contributed by atoms with van der Waals surface area (Å²) in [5, 5.41) is 57.0. The quantitative estimate of drug-likeness (QED) is 0.416. The Labute approximate surface area is 114 Å². The molecule has 7 heteroatoms. The first-order valence-corrected chi connectivity index (χ1v) is 6.77. The molecule has 0 amide bonds. The van der Waals surface area contributed by atoms with Gasteiger partial charge in [0.05, 0.1) is 0 Å². The van der Waals surface area contributed by atoms with Gasteiger partial charge < -0.3 is 0 Å². The molecular weight excluding hydrogens is 319 g/mol. The van der Waals surface area contributed by atoms with Gasteiger partial charge in [0.15, 0.2) is 0 Å². The van der Waals surface area contributed by atoms with E-state index in [9.17, 15) is 30.6 Å². The van der Waals surface area contributed by atoms with Gasteiger partial charge in [-0.3, -0.25) is 0 Å². The van der Waals surface area contributed by atoms with Crippen LogP contribution in [0.2, 0.25) is 0 Å². The van der Waals surface area contributed by atoms with E-state index in [-0.39, 0.29) is 43.4 Å². The second-order valence-corrected chi connectivity index (χ2v) is 5.87. The second kappa shape index (κ2) is 4.79. The van der Waals surface area contributed by atoms with Crippen LogP contribution in [0.3, 0.4) is 0 Å². The van der Waals surface area contributed by atoms with Gasteiger partial charge in [0.25, 0.3) is 0 Å². The molecule has 0 heterocycles. The van der Waals surface area contributed by atoms with Crippen LogP contribution in [0.1, 0.15) is 0 Å². The summed E-state index contributed by atoms with van der Waals surface area (Å²) in [4.78, 5) is 0. The van der Waals surface area contributed by atoms with Gasteiger partial charge in [-0.25, -0.2) is 0 Å². The average Bonchev–Trinajstić information content (AvgIpc) is 2.25. The van der Waals surface area contributed by atoms with E-state index >= 15 is 0 Å². The van der Waals surface area contributed by atoms with Gasteiger partial charge in [-0.1, -0.05) is 0 Å². The summed E-state index contributed by atoms with van der Waals surface area (Å²) < 4.78 is 0.197. The van der Waals surface area contributed by atoms with Crippen LogP contribution in [0.15, 0.2) is 24.3 Å². The third kappa shape index (κ3) is 2.62. The van der Waals surface area contributed by atoms with Crippen molar-refractivity contribution in [2.75, 3.05) is 0 Å². The first-order valence-electron chi connectivity index (χ1n) is 5.06. The molecule has 0 atom stereocenters. The van der Waals surface area contributed by atoms with Crippen LogP contribution < -0.4 is 8.92 Å². The molecule has 0 aliphatic heterocycles. The molecule has 2 aromatic carbocycles. The molecule has 0 bridgehead atoms. The molecule has 0 spiro atoms. The fourth-order valence-electron chi connectivity index (χ4n) is 1.48. The van der Waals surface area contributed by atoms with E-state index in [0.717, 1.165) is 24.3 Å². The molecule has 2 rings (SSSR count). The normalized spacial score (nSPS) is 10.5. The summed E-state index contributed by atoms with van der Waals surface area (Å²) >= 11 is -0.816. The van der Waals surface area contributed by atoms with Gasteiger partial charge in [0.2, 0.25) is 0 Å². The third-order valence-electron chi connectivity index (χ3n) is 2.27. The molecule has 0 unspecified atom stereocenters. The van der Waals surface area contributed by atoms with E-state index < -0.39 is 15.0 Å². The molecule has 19 heavy (non-hydrogen) atoms. The van der Waals surface area contributed by atoms with Crippen molar-refractivity contribution < 1.29 is 30.6 Å². The Morgan fingerprint density at radius 3 is 1.05 bits per heavy atom. The summed E-state index contributed by atoms with van der Waals surface area (Å²) in [5.41, 5.74) is 0. The van der Waals surface area contributed by atoms with Crippen molar-refractivity contribution in [2.24, 2.45) is 0 Å². The number of benzene rings is 2. The van der Waals surface area contributed by atoms with E-state index in [4.69, 9.17) is 0 Å². The van der Waals surface area contributed by atoms with Gasteiger partial charge in [0.1, 0.15) is 0 Å². The number of hydrogen-bond acceptors (Lipinski definition) is 6. The van der Waals surface area contributed by atoms with Crippen molar-refractivity contribution in [1.29, 1.82) is 0 Å². The summed E-state index contributed by atoms with van der Waals surface area (Å²) in [5.74, 6) is -1.97. The number of rotatable bonds is 2. The molecule has 100 valence electrons. The molecule has 6 N–H and O–H groups in total. The number of phenolic OH excluding ortho intramolecular Hbond substituents is 6. The molecule has 6 nitrogen and oxygen atoms in total. The Kier molecular flexibility index (Phi) is 3.33. The maximum atomic E-state index is 9.65. The summed E-state index contributed by atoms with van der Waals surface area (Å²) in [6, 6.07) is 4.19. The minimum atomic E-state index is -0.816. The van der Waals surface area contributed by atoms with Crippen molar-refractivity contribution in [3.05, 3.63) is 24.3 Å². The molecule has 0 saturated heterocycles. The molecule has 0 radical (unpaired) electrons. The molecule has 2 aromatic rings. The first kappa shape index (κ1) is 13.2. The standard InChI is InChI=1S/C12H10O6Se/c13-5-1-7(15)11(8(16)2-5)19-12-9(17)3-6(14)4-10(12)18/h1-4,13-18H. The summed E-state index contributed by atoms with van der Waals surface area (Å²) in [6.07, 6.45) is 0. The van der Waals surface area contributed by atoms with Crippen molar-refractivity contribution in [3.8, 4) is 34.5 Å². The molecule has 0 fully saturated rings. The van der Waals surface area contributed by atoms with Crippen LogP contribution in [0.25, 0.3) is 0 Å². The number of phenols is 6. The SMILES string of the molecule is Oc1cc(O)c([Se]c2c(O)cc(O)cc2O)c(O)c1. The molecule has 0 aliphatic rings. The van der Waals surface area contributed by atoms with Crippen molar-refractivity contribution in [2.45, 2.75) is 0 Å². The van der Waals surface area contributed by atoms with E-state index in [1.54, 1.807) is 0 Å². The van der Waals surface area contributed by atoms with E-state index in [2.05, 4.69) is 0 Å². The molecule has 0 saturated carbocycles. The van der Waals surface area contributed by atoms with Crippen LogP contribution in [-0.2, 0) is 0 Å². The maximum absolute atomic E-state index is 9.65. The zero-order chi connectivity index (χ0) is 14.2. The minimum absolute atomic E-state index is 0.0987. The first-order chi connectivity index (χ1) is 8.88. The Bertz CT molecular complexity index is 539. The summed E-state index contributed by atoms with van der Waals surface area (Å²) in [7, 11) is 0. The molecular formula is C12H10O6Se. The zero-order valence-corrected chi connectivity index (χ0v) is 11.1. The van der Waals surface area contributed by atoms with Gasteiger partial charge in [0, 0.05) is 0 Å². The fraction of sp³-hybridized carbons (Fsp3) is 0. The van der Waals surface area contributed by atoms with Crippen LogP contribution in [0.5, 0.6) is 34.5 Å². The third-order valence-corrected chi connectivity index (χ3v) is 4.88. The van der Waals surface area contributed by atoms with Crippen molar-refractivity contribution in [1.82, 2.24) is 0 Å². The van der Waals surface area contributed by atoms with E-state index in [1.165, 1.54) is 0 Å². The Hall–Kier alpha value is -2.24. The second-order valence-electron chi connectivity index (χ2n) is 3.73. The Balaban J connectivity index is 2.48. The van der Waals surface area contributed by atoms with Gasteiger partial charge >= 0.3 is 113 Å². The zero-order valence-electron chi connectivity index (χ0n) is 9.40. The molecule has 0 aromatic heterocycles. The monoisotopic (exact) mass is 330 g/mol. The van der Waals surface area contributed by atoms with Crippen LogP contribution >= 0.6 is 0 Å². The Morgan fingerprint density at radius 1 is 0.526 bits per heavy atom. The summed E-state index contributed by atoms with van der Waals surface area (Å²) in [6.45, 7) is 0. The Morgan fingerprint density at radius 2 is 0.789 bits per heavy atom. The number of aromatic hydroxyl groups is 6. The van der Waals surface area contributed by atoms with Crippen molar-refractivity contribution in [3.63, 3.8) is 0 Å². The van der Waals surface area contributed by atoms with Crippen LogP contribution in [0.4, 0.5) is 0 Å². The van der Waals surface area contributed by atoms with E-state index in [0.29, 0.717) is 0 Å². The van der Waals surface area contributed by atoms with Crippen LogP contribution in [0, 0.1) is 0 Å². The molecule has 0 aliphatic carbocycles. The topological polar surface area (TPSA) is 121 Å². The van der Waals surface area contributed by atoms with E-state index in [1.807, 2.05) is 0 Å². The fourth-order valence-corrected chi connectivity index (χ4v) is 3.28. The van der Waals surface area contributed by atoms with Crippen molar-refractivity contribution >= 4 is 23.9 Å². The predicted octanol–water partition coefficient (Wildman–Crippen LogP) is -0.425. The predicted molar refractivity (Wildman–Crippen MR) is 67.9 cm³/mol. The van der Waals surface area contributed by atoms with Gasteiger partial charge in [-0.05, 0) is 0 Å². The van der Waals surface area contributed by atoms with Gasteiger partial charge in [-0.15, -0.1) is 0 Å². The van der Waals surface area contributed by atoms with Crippen LogP contribution in [-0.4, -0.2) is 45.6 Å².